The molecule has 1 unspecified atom stereocenters. The zero-order valence-electron chi connectivity index (χ0n) is 45.5. The number of anilines is 2. The van der Waals surface area contributed by atoms with E-state index in [0.717, 1.165) is 23.4 Å². The number of hydrogen-bond donors (Lipinski definition) is 7. The molecule has 10 amide bonds. The topological polar surface area (TPSA) is 319 Å². The molecule has 422 valence electrons. The van der Waals surface area contributed by atoms with Crippen molar-refractivity contribution in [2.24, 2.45) is 22.4 Å². The quantitative estimate of drug-likeness (QED) is 0.0414. The third kappa shape index (κ3) is 16.9. The van der Waals surface area contributed by atoms with E-state index in [-0.39, 0.29) is 98.6 Å². The van der Waals surface area contributed by atoms with E-state index in [1.165, 1.54) is 24.2 Å². The Morgan fingerprint density at radius 1 is 0.861 bits per heavy atom. The maximum Gasteiger partial charge on any atom is 0.410 e. The van der Waals surface area contributed by atoms with Gasteiger partial charge in [0.1, 0.15) is 30.3 Å². The van der Waals surface area contributed by atoms with Gasteiger partial charge in [0.2, 0.25) is 23.6 Å². The van der Waals surface area contributed by atoms with Crippen LogP contribution in [0.25, 0.3) is 6.08 Å². The van der Waals surface area contributed by atoms with E-state index in [9.17, 15) is 43.2 Å². The van der Waals surface area contributed by atoms with Crippen LogP contribution < -0.4 is 42.8 Å². The Kier molecular flexibility index (Phi) is 21.6. The fourth-order valence-electron chi connectivity index (χ4n) is 9.18. The van der Waals surface area contributed by atoms with Crippen molar-refractivity contribution in [3.63, 3.8) is 0 Å². The summed E-state index contributed by atoms with van der Waals surface area (Å²) in [5.74, 6) is -2.68. The van der Waals surface area contributed by atoms with E-state index in [1.54, 1.807) is 68.6 Å². The number of amides is 10. The van der Waals surface area contributed by atoms with Crippen LogP contribution in [0.3, 0.4) is 0 Å². The van der Waals surface area contributed by atoms with Crippen LogP contribution in [0.1, 0.15) is 118 Å². The van der Waals surface area contributed by atoms with Crippen molar-refractivity contribution in [3.05, 3.63) is 94.3 Å². The average molecular weight is 1090 g/mol. The maximum atomic E-state index is 13.8. The first-order valence-electron chi connectivity index (χ1n) is 26.7. The van der Waals surface area contributed by atoms with E-state index >= 15 is 0 Å². The summed E-state index contributed by atoms with van der Waals surface area (Å²) in [6.45, 7) is 9.61. The van der Waals surface area contributed by atoms with Gasteiger partial charge in [0.25, 0.3) is 17.7 Å². The number of fused-ring (bicyclic) bond motifs is 2. The standard InChI is InChI=1S/C56H72N12O11/c1-6-22-66(23-7-2)54(75)37-26-36-28-45(78-5)41(30-44(36)63-46(57)29-37)51(72)62-40-27-38-32-67(25-20-42(38)60-31-40)56(77)79-33-35-14-16-39(17-15-35)61-52(73)43(12-11-21-59-55(58)76)64-53(74)50(34(3)4)65-47(69)13-9-8-10-24-68-48(70)18-19-49(68)71/h14-19,26-28,30-31,34,43,50H,6-13,20-25,29,32-33H2,1-5H3,(H2,57,63)(H,61,73)(H,62,72)(H,64,74)(H,65,69)(H3,58,59,76)/t43?,50-/m0/s1. The third-order valence-corrected chi connectivity index (χ3v) is 13.3. The maximum absolute atomic E-state index is 13.8. The number of benzene rings is 2. The van der Waals surface area contributed by atoms with Crippen LogP contribution in [-0.2, 0) is 53.1 Å². The Morgan fingerprint density at radius 2 is 1.58 bits per heavy atom. The first-order chi connectivity index (χ1) is 37.9. The number of urea groups is 1. The average Bonchev–Trinajstić information content (AvgIpc) is 3.66. The summed E-state index contributed by atoms with van der Waals surface area (Å²) in [4.78, 5) is 130. The van der Waals surface area contributed by atoms with Crippen molar-refractivity contribution in [1.29, 1.82) is 0 Å². The van der Waals surface area contributed by atoms with Gasteiger partial charge < -0.3 is 57.3 Å². The molecule has 0 aliphatic carbocycles. The summed E-state index contributed by atoms with van der Waals surface area (Å²) in [6.07, 6.45) is 9.47. The lowest BCUT2D eigenvalue weighted by Gasteiger charge is -2.28. The smallest absolute Gasteiger partial charge is 0.410 e. The lowest BCUT2D eigenvalue weighted by molar-refractivity contribution is -0.137. The number of carbonyl (C=O) groups is 9. The SMILES string of the molecule is CCCN(CCC)C(=O)C1=Cc2cc(OC)c(C(=O)Nc3cnc4c(c3)CN(C(=O)OCc3ccc(NC(=O)C(CCCNC(N)=O)NC(=O)[C@@H](NC(=O)CCCCCN5C(=O)C=CC5=O)C(C)C)cc3)CC4)cc2N=C(N)C1. The Balaban J connectivity index is 1.01. The second-order valence-corrected chi connectivity index (χ2v) is 19.8. The summed E-state index contributed by atoms with van der Waals surface area (Å²) >= 11 is 0. The van der Waals surface area contributed by atoms with Gasteiger partial charge in [-0.15, -0.1) is 0 Å². The van der Waals surface area contributed by atoms with Gasteiger partial charge in [-0.2, -0.15) is 0 Å². The van der Waals surface area contributed by atoms with Crippen LogP contribution in [0.4, 0.5) is 26.7 Å². The molecule has 3 aliphatic rings. The number of aromatic nitrogens is 1. The zero-order valence-corrected chi connectivity index (χ0v) is 45.5. The Bertz CT molecular complexity index is 2840. The summed E-state index contributed by atoms with van der Waals surface area (Å²) in [5, 5.41) is 13.7. The number of unbranched alkanes of at least 4 members (excludes halogenated alkanes) is 2. The first-order valence-corrected chi connectivity index (χ1v) is 26.7. The van der Waals surface area contributed by atoms with Crippen molar-refractivity contribution in [2.45, 2.75) is 117 Å². The third-order valence-electron chi connectivity index (χ3n) is 13.3. The minimum atomic E-state index is -1.07. The number of ether oxygens (including phenoxy) is 2. The zero-order chi connectivity index (χ0) is 57.2. The van der Waals surface area contributed by atoms with E-state index in [2.05, 4.69) is 36.6 Å². The molecule has 23 heteroatoms. The molecule has 9 N–H and O–H groups in total. The number of rotatable bonds is 26. The number of methoxy groups -OCH3 is 1. The van der Waals surface area contributed by atoms with Crippen LogP contribution in [-0.4, -0.2) is 131 Å². The van der Waals surface area contributed by atoms with Crippen LogP contribution >= 0.6 is 0 Å². The number of nitrogens with one attached hydrogen (secondary N) is 5. The highest BCUT2D eigenvalue weighted by atomic mass is 16.6. The molecule has 6 rings (SSSR count). The van der Waals surface area contributed by atoms with Gasteiger partial charge in [0, 0.05) is 86.7 Å². The molecular formula is C56H72N12O11. The predicted octanol–water partition coefficient (Wildman–Crippen LogP) is 4.96. The Hall–Kier alpha value is -8.63. The molecule has 79 heavy (non-hydrogen) atoms. The second kappa shape index (κ2) is 28.7. The largest absolute Gasteiger partial charge is 0.496 e. The molecule has 0 radical (unpaired) electrons. The van der Waals surface area contributed by atoms with Crippen molar-refractivity contribution in [1.82, 2.24) is 35.6 Å². The van der Waals surface area contributed by atoms with E-state index < -0.39 is 41.9 Å². The number of carbonyl (C=O) groups excluding carboxylic acids is 9. The van der Waals surface area contributed by atoms with Gasteiger partial charge in [-0.1, -0.05) is 46.2 Å². The normalized spacial score (nSPS) is 14.4. The van der Waals surface area contributed by atoms with Gasteiger partial charge in [-0.3, -0.25) is 43.4 Å². The van der Waals surface area contributed by atoms with Crippen LogP contribution in [0.2, 0.25) is 0 Å². The molecule has 1 aromatic heterocycles. The Morgan fingerprint density at radius 3 is 2.25 bits per heavy atom. The van der Waals surface area contributed by atoms with Gasteiger partial charge >= 0.3 is 12.1 Å². The highest BCUT2D eigenvalue weighted by Gasteiger charge is 2.30. The van der Waals surface area contributed by atoms with Crippen molar-refractivity contribution < 1.29 is 52.6 Å². The summed E-state index contributed by atoms with van der Waals surface area (Å²) in [5.41, 5.74) is 16.1. The summed E-state index contributed by atoms with van der Waals surface area (Å²) in [6, 6.07) is 8.81. The number of imide groups is 1. The number of amidine groups is 1. The second-order valence-electron chi connectivity index (χ2n) is 19.8. The molecule has 23 nitrogen and oxygen atoms in total. The number of aliphatic imine (C=N–C) groups is 1. The molecule has 3 aromatic rings. The molecule has 2 aromatic carbocycles. The van der Waals surface area contributed by atoms with Gasteiger partial charge in [-0.05, 0) is 92.0 Å². The lowest BCUT2D eigenvalue weighted by atomic mass is 10.0. The van der Waals surface area contributed by atoms with Crippen molar-refractivity contribution in [2.75, 3.05) is 50.5 Å². The molecule has 0 bridgehead atoms. The molecule has 0 spiro atoms. The first kappa shape index (κ1) is 59.6. The van der Waals surface area contributed by atoms with Crippen molar-refractivity contribution >= 4 is 82.4 Å². The highest BCUT2D eigenvalue weighted by Crippen LogP contribution is 2.34. The fraction of sp³-hybridized carbons (Fsp3) is 0.446. The monoisotopic (exact) mass is 1090 g/mol. The van der Waals surface area contributed by atoms with Crippen LogP contribution in [0, 0.1) is 5.92 Å². The number of primary amides is 1. The molecule has 0 saturated heterocycles. The van der Waals surface area contributed by atoms with E-state index in [0.29, 0.717) is 84.6 Å². The molecule has 2 atom stereocenters. The van der Waals surface area contributed by atoms with Crippen molar-refractivity contribution in [3.8, 4) is 5.75 Å². The van der Waals surface area contributed by atoms with Crippen LogP contribution in [0.5, 0.6) is 5.75 Å². The fourth-order valence-corrected chi connectivity index (χ4v) is 9.18. The number of pyridine rings is 1. The molecule has 3 aliphatic heterocycles. The summed E-state index contributed by atoms with van der Waals surface area (Å²) in [7, 11) is 1.45. The summed E-state index contributed by atoms with van der Waals surface area (Å²) < 4.78 is 11.3. The van der Waals surface area contributed by atoms with E-state index in [4.69, 9.17) is 20.9 Å². The highest BCUT2D eigenvalue weighted by molar-refractivity contribution is 6.13. The minimum absolute atomic E-state index is 0.0845. The van der Waals surface area contributed by atoms with Gasteiger partial charge in [0.05, 0.1) is 36.8 Å². The van der Waals surface area contributed by atoms with Gasteiger partial charge in [0.15, 0.2) is 0 Å². The molecule has 0 fully saturated rings. The minimum Gasteiger partial charge on any atom is -0.496 e. The number of hydrogen-bond acceptors (Lipinski definition) is 14. The van der Waals surface area contributed by atoms with Crippen LogP contribution in [0.15, 0.2) is 71.4 Å². The van der Waals surface area contributed by atoms with Gasteiger partial charge in [-0.25, -0.2) is 14.6 Å². The van der Waals surface area contributed by atoms with E-state index in [1.807, 2.05) is 18.7 Å². The number of nitrogens with two attached hydrogens (primary N) is 2. The molecule has 4 heterocycles. The number of nitrogens with zero attached hydrogens (tertiary/aromatic N) is 5. The Labute approximate surface area is 459 Å². The molecular weight excluding hydrogens is 1020 g/mol. The predicted molar refractivity (Wildman–Crippen MR) is 295 cm³/mol. The lowest BCUT2D eigenvalue weighted by Crippen LogP contribution is -2.54. The molecule has 0 saturated carbocycles.